The maximum Gasteiger partial charge on any atom is 0.124 e. The third kappa shape index (κ3) is 1.75. The van der Waals surface area contributed by atoms with Crippen LogP contribution >= 0.6 is 0 Å². The van der Waals surface area contributed by atoms with Crippen molar-refractivity contribution in [1.29, 1.82) is 0 Å². The number of benzene rings is 1. The molecule has 3 aliphatic rings. The summed E-state index contributed by atoms with van der Waals surface area (Å²) in [5.41, 5.74) is 6.52. The third-order valence-electron chi connectivity index (χ3n) is 7.10. The quantitative estimate of drug-likeness (QED) is 0.686. The molecule has 2 heterocycles. The summed E-state index contributed by atoms with van der Waals surface area (Å²) >= 11 is 0. The lowest BCUT2D eigenvalue weighted by molar-refractivity contribution is 0.0712. The van der Waals surface area contributed by atoms with Crippen LogP contribution in [0.25, 0.3) is 11.3 Å². The number of nitrogens with zero attached hydrogens (tertiary/aromatic N) is 1. The van der Waals surface area contributed by atoms with E-state index < -0.39 is 0 Å². The molecule has 5 rings (SSSR count). The molecule has 2 bridgehead atoms. The van der Waals surface area contributed by atoms with Crippen LogP contribution < -0.4 is 4.74 Å². The molecule has 0 N–H and O–H groups in total. The van der Waals surface area contributed by atoms with Crippen LogP contribution in [0.3, 0.4) is 0 Å². The molecule has 0 radical (unpaired) electrons. The van der Waals surface area contributed by atoms with Crippen molar-refractivity contribution in [2.24, 2.45) is 0 Å². The van der Waals surface area contributed by atoms with E-state index in [9.17, 15) is 0 Å². The van der Waals surface area contributed by atoms with Gasteiger partial charge < -0.3 is 4.74 Å². The Labute approximate surface area is 144 Å². The van der Waals surface area contributed by atoms with Crippen molar-refractivity contribution in [1.82, 2.24) is 4.98 Å². The first-order valence-electron chi connectivity index (χ1n) is 9.20. The molecule has 1 fully saturated rings. The van der Waals surface area contributed by atoms with Gasteiger partial charge in [0.25, 0.3) is 0 Å². The summed E-state index contributed by atoms with van der Waals surface area (Å²) < 4.78 is 6.19. The molecule has 1 aromatic heterocycles. The Balaban J connectivity index is 1.60. The van der Waals surface area contributed by atoms with E-state index in [1.54, 1.807) is 5.56 Å². The fourth-order valence-corrected chi connectivity index (χ4v) is 4.87. The maximum absolute atomic E-state index is 6.19. The van der Waals surface area contributed by atoms with Crippen molar-refractivity contribution < 1.29 is 4.74 Å². The van der Waals surface area contributed by atoms with Gasteiger partial charge in [0, 0.05) is 22.7 Å². The summed E-state index contributed by atoms with van der Waals surface area (Å²) in [6, 6.07) is 8.95. The molecule has 1 unspecified atom stereocenters. The SMILES string of the molecule is CC1(C)Oc2ccc(-c3cc4c(cn3)C3CC[C@H]4C3)cc2C1(C)C. The van der Waals surface area contributed by atoms with E-state index in [-0.39, 0.29) is 11.0 Å². The lowest BCUT2D eigenvalue weighted by Crippen LogP contribution is -2.41. The Kier molecular flexibility index (Phi) is 2.67. The van der Waals surface area contributed by atoms with E-state index in [2.05, 4.69) is 58.2 Å². The third-order valence-corrected chi connectivity index (χ3v) is 7.10. The number of fused-ring (bicyclic) bond motifs is 6. The zero-order chi connectivity index (χ0) is 16.7. The fourth-order valence-electron chi connectivity index (χ4n) is 4.87. The predicted octanol–water partition coefficient (Wildman–Crippen LogP) is 5.56. The summed E-state index contributed by atoms with van der Waals surface area (Å²) in [5.74, 6) is 2.58. The summed E-state index contributed by atoms with van der Waals surface area (Å²) in [7, 11) is 0. The first-order valence-corrected chi connectivity index (χ1v) is 9.20. The number of ether oxygens (including phenoxy) is 1. The van der Waals surface area contributed by atoms with Crippen molar-refractivity contribution in [2.75, 3.05) is 0 Å². The van der Waals surface area contributed by atoms with Crippen LogP contribution in [0.5, 0.6) is 5.75 Å². The highest BCUT2D eigenvalue weighted by Crippen LogP contribution is 2.54. The molecular formula is C22H25NO. The molecule has 24 heavy (non-hydrogen) atoms. The topological polar surface area (TPSA) is 22.1 Å². The zero-order valence-corrected chi connectivity index (χ0v) is 15.0. The largest absolute Gasteiger partial charge is 0.487 e. The standard InChI is InChI=1S/C22H25NO/c1-21(2)18-10-15(7-8-20(18)24-22(21,3)4)19-11-16-13-5-6-14(9-13)17(16)12-23-19/h7-8,10-14H,5-6,9H2,1-4H3/t13-,14?/m0/s1. The minimum atomic E-state index is -0.182. The lowest BCUT2D eigenvalue weighted by atomic mass is 9.73. The number of aromatic nitrogens is 1. The fraction of sp³-hybridized carbons (Fsp3) is 0.500. The van der Waals surface area contributed by atoms with Gasteiger partial charge in [-0.05, 0) is 80.3 Å². The van der Waals surface area contributed by atoms with Crippen LogP contribution in [0.2, 0.25) is 0 Å². The van der Waals surface area contributed by atoms with Gasteiger partial charge in [0.15, 0.2) is 0 Å². The molecule has 2 aliphatic carbocycles. The number of hydrogen-bond acceptors (Lipinski definition) is 2. The van der Waals surface area contributed by atoms with E-state index in [1.165, 1.54) is 36.0 Å². The Morgan fingerprint density at radius 3 is 2.54 bits per heavy atom. The molecule has 124 valence electrons. The molecule has 2 atom stereocenters. The van der Waals surface area contributed by atoms with Crippen molar-refractivity contribution in [3.63, 3.8) is 0 Å². The van der Waals surface area contributed by atoms with Gasteiger partial charge in [0.05, 0.1) is 5.69 Å². The van der Waals surface area contributed by atoms with E-state index in [0.717, 1.165) is 23.3 Å². The van der Waals surface area contributed by atoms with Crippen LogP contribution in [-0.4, -0.2) is 10.6 Å². The number of hydrogen-bond donors (Lipinski definition) is 0. The van der Waals surface area contributed by atoms with Gasteiger partial charge in [-0.2, -0.15) is 0 Å². The van der Waals surface area contributed by atoms with E-state index in [4.69, 9.17) is 9.72 Å². The minimum Gasteiger partial charge on any atom is -0.487 e. The molecule has 1 aliphatic heterocycles. The van der Waals surface area contributed by atoms with Crippen LogP contribution in [-0.2, 0) is 5.41 Å². The highest BCUT2D eigenvalue weighted by atomic mass is 16.5. The summed E-state index contributed by atoms with van der Waals surface area (Å²) in [5, 5.41) is 0. The van der Waals surface area contributed by atoms with Crippen molar-refractivity contribution in [2.45, 2.75) is 69.8 Å². The van der Waals surface area contributed by atoms with Gasteiger partial charge >= 0.3 is 0 Å². The van der Waals surface area contributed by atoms with Crippen LogP contribution in [0, 0.1) is 0 Å². The predicted molar refractivity (Wildman–Crippen MR) is 96.7 cm³/mol. The van der Waals surface area contributed by atoms with Gasteiger partial charge in [0.2, 0.25) is 0 Å². The Morgan fingerprint density at radius 2 is 1.75 bits per heavy atom. The molecule has 0 saturated heterocycles. The second-order valence-corrected chi connectivity index (χ2v) is 8.85. The van der Waals surface area contributed by atoms with Crippen molar-refractivity contribution in [3.05, 3.63) is 47.2 Å². The van der Waals surface area contributed by atoms with Gasteiger partial charge in [0.1, 0.15) is 11.4 Å². The average Bonchev–Trinajstić information content (AvgIpc) is 3.20. The first-order chi connectivity index (χ1) is 11.4. The monoisotopic (exact) mass is 319 g/mol. The molecule has 1 aromatic carbocycles. The number of pyridine rings is 1. The van der Waals surface area contributed by atoms with Gasteiger partial charge in [-0.15, -0.1) is 0 Å². The highest BCUT2D eigenvalue weighted by molar-refractivity contribution is 5.66. The summed E-state index contributed by atoms with van der Waals surface area (Å²) in [6.07, 6.45) is 6.21. The van der Waals surface area contributed by atoms with Crippen LogP contribution in [0.4, 0.5) is 0 Å². The Bertz CT molecular complexity index is 849. The van der Waals surface area contributed by atoms with Crippen molar-refractivity contribution in [3.8, 4) is 17.0 Å². The van der Waals surface area contributed by atoms with E-state index in [0.29, 0.717) is 0 Å². The normalized spacial score (nSPS) is 27.7. The van der Waals surface area contributed by atoms with E-state index in [1.807, 2.05) is 0 Å². The first kappa shape index (κ1) is 14.5. The number of rotatable bonds is 1. The molecule has 0 spiro atoms. The minimum absolute atomic E-state index is 0.00581. The maximum atomic E-state index is 6.19. The Hall–Kier alpha value is -1.83. The molecule has 0 amide bonds. The van der Waals surface area contributed by atoms with Crippen LogP contribution in [0.15, 0.2) is 30.5 Å². The second-order valence-electron chi connectivity index (χ2n) is 8.85. The molecule has 2 nitrogen and oxygen atoms in total. The average molecular weight is 319 g/mol. The highest BCUT2D eigenvalue weighted by Gasteiger charge is 2.48. The lowest BCUT2D eigenvalue weighted by Gasteiger charge is -2.33. The van der Waals surface area contributed by atoms with Crippen LogP contribution in [0.1, 0.15) is 75.5 Å². The van der Waals surface area contributed by atoms with E-state index >= 15 is 0 Å². The Morgan fingerprint density at radius 1 is 1.00 bits per heavy atom. The van der Waals surface area contributed by atoms with Gasteiger partial charge in [-0.1, -0.05) is 13.8 Å². The molecule has 2 aromatic rings. The van der Waals surface area contributed by atoms with Gasteiger partial charge in [-0.25, -0.2) is 0 Å². The zero-order valence-electron chi connectivity index (χ0n) is 15.0. The smallest absolute Gasteiger partial charge is 0.124 e. The summed E-state index contributed by atoms with van der Waals surface area (Å²) in [6.45, 7) is 8.91. The summed E-state index contributed by atoms with van der Waals surface area (Å²) in [4.78, 5) is 4.81. The van der Waals surface area contributed by atoms with Crippen molar-refractivity contribution >= 4 is 0 Å². The molecule has 1 saturated carbocycles. The molecular weight excluding hydrogens is 294 g/mol. The molecule has 2 heteroatoms. The second kappa shape index (κ2) is 4.41. The van der Waals surface area contributed by atoms with Gasteiger partial charge in [-0.3, -0.25) is 4.98 Å².